The van der Waals surface area contributed by atoms with Gasteiger partial charge in [-0.3, -0.25) is 34.7 Å². The first-order valence-corrected chi connectivity index (χ1v) is 26.1. The van der Waals surface area contributed by atoms with Gasteiger partial charge in [-0.1, -0.05) is 36.4 Å². The van der Waals surface area contributed by atoms with E-state index in [0.29, 0.717) is 54.8 Å². The number of nitrogens with one attached hydrogen (secondary N) is 3. The average Bonchev–Trinajstić information content (AvgIpc) is 3.45. The summed E-state index contributed by atoms with van der Waals surface area (Å²) < 4.78 is 88.9. The van der Waals surface area contributed by atoms with Gasteiger partial charge >= 0.3 is 18.4 Å². The minimum Gasteiger partial charge on any atom is -0.444 e. The standard InChI is InChI=1S/C32H37F3N6O3.C27H29F3N6O/c1-21-6-10-25(16-22(21)9-11-26-18-37-28(19-36-26)39-30(43)44-31(2,3)4)38-29(42)23-7-8-24(27(17-23)32(33,34)35)20-41-14-12-40(5)13-15-41;1-18-3-7-22(13-19(18)6-8-23-15-33-25(31)16-32-23)34-26(37)20-4-5-21(24(14-20)27(28,29)30)17-36-11-9-35(2)10-12-36/h6-11,16-19H,12-15,20H2,1-5H3,(H,38,42)(H,37,39,43);3-8,13-16H,9-12,17H2,1-2H3,(H2,31,33)(H,34,37)/b11-9+;8-6+. The summed E-state index contributed by atoms with van der Waals surface area (Å²) in [6.45, 7) is 15.4. The number of carbonyl (C=O) groups is 3. The van der Waals surface area contributed by atoms with Gasteiger partial charge in [0.15, 0.2) is 5.82 Å². The van der Waals surface area contributed by atoms with Crippen LogP contribution in [0.3, 0.4) is 0 Å². The summed E-state index contributed by atoms with van der Waals surface area (Å²) in [6.07, 6.45) is 3.16. The molecule has 0 radical (unpaired) electrons. The van der Waals surface area contributed by atoms with E-state index in [1.807, 2.05) is 49.9 Å². The molecule has 3 amide bonds. The molecular weight excluding hydrogens is 1050 g/mol. The molecule has 428 valence electrons. The Hall–Kier alpha value is -8.05. The first kappa shape index (κ1) is 60.6. The summed E-state index contributed by atoms with van der Waals surface area (Å²) in [4.78, 5) is 62.7. The van der Waals surface area contributed by atoms with E-state index in [0.717, 1.165) is 60.6 Å². The molecule has 0 spiro atoms. The molecule has 2 aliphatic heterocycles. The molecule has 0 saturated carbocycles. The van der Waals surface area contributed by atoms with Gasteiger partial charge in [-0.15, -0.1) is 0 Å². The number of hydrogen-bond acceptors (Lipinski definition) is 13. The fourth-order valence-electron chi connectivity index (χ4n) is 8.62. The first-order chi connectivity index (χ1) is 38.2. The van der Waals surface area contributed by atoms with Crippen molar-refractivity contribution in [3.05, 3.63) is 165 Å². The molecule has 0 unspecified atom stereocenters. The van der Waals surface area contributed by atoms with Gasteiger partial charge in [-0.25, -0.2) is 14.8 Å². The normalized spacial score (nSPS) is 15.1. The third-order valence-electron chi connectivity index (χ3n) is 13.3. The van der Waals surface area contributed by atoms with Crippen LogP contribution in [0.4, 0.5) is 54.1 Å². The number of hydrogen-bond donors (Lipinski definition) is 4. The lowest BCUT2D eigenvalue weighted by Gasteiger charge is -2.33. The van der Waals surface area contributed by atoms with Crippen molar-refractivity contribution >= 4 is 65.2 Å². The number of aryl methyl sites for hydroxylation is 2. The number of amides is 3. The van der Waals surface area contributed by atoms with Crippen molar-refractivity contribution in [3.63, 3.8) is 0 Å². The van der Waals surface area contributed by atoms with Gasteiger partial charge in [0, 0.05) is 87.9 Å². The Kier molecular flexibility index (Phi) is 19.8. The summed E-state index contributed by atoms with van der Waals surface area (Å²) in [5.74, 6) is -0.698. The second kappa shape index (κ2) is 26.5. The number of piperazine rings is 2. The van der Waals surface area contributed by atoms with E-state index in [1.165, 1.54) is 42.9 Å². The molecule has 8 rings (SSSR count). The van der Waals surface area contributed by atoms with Gasteiger partial charge < -0.3 is 30.9 Å². The van der Waals surface area contributed by atoms with Crippen LogP contribution in [0, 0.1) is 13.8 Å². The number of aromatic nitrogens is 4. The number of anilines is 4. The van der Waals surface area contributed by atoms with E-state index >= 15 is 0 Å². The molecule has 16 nitrogen and oxygen atoms in total. The van der Waals surface area contributed by atoms with E-state index in [-0.39, 0.29) is 41.2 Å². The number of nitrogens with two attached hydrogens (primary N) is 1. The highest BCUT2D eigenvalue weighted by Crippen LogP contribution is 2.35. The Labute approximate surface area is 467 Å². The number of carbonyl (C=O) groups excluding carboxylic acids is 3. The number of rotatable bonds is 13. The molecule has 0 bridgehead atoms. The third-order valence-corrected chi connectivity index (χ3v) is 13.3. The van der Waals surface area contributed by atoms with Gasteiger partial charge in [0.1, 0.15) is 11.4 Å². The summed E-state index contributed by atoms with van der Waals surface area (Å²) in [6, 6.07) is 18.1. The molecule has 2 aromatic heterocycles. The summed E-state index contributed by atoms with van der Waals surface area (Å²) in [5.41, 5.74) is 8.98. The number of nitrogens with zero attached hydrogens (tertiary/aromatic N) is 8. The minimum absolute atomic E-state index is 0.0516. The van der Waals surface area contributed by atoms with Gasteiger partial charge in [0.2, 0.25) is 0 Å². The lowest BCUT2D eigenvalue weighted by Crippen LogP contribution is -2.44. The van der Waals surface area contributed by atoms with E-state index in [4.69, 9.17) is 10.5 Å². The molecule has 5 N–H and O–H groups in total. The quantitative estimate of drug-likeness (QED) is 0.0801. The van der Waals surface area contributed by atoms with Gasteiger partial charge in [-0.05, 0) is 143 Å². The van der Waals surface area contributed by atoms with Crippen molar-refractivity contribution in [2.75, 3.05) is 88.1 Å². The van der Waals surface area contributed by atoms with Crippen LogP contribution >= 0.6 is 0 Å². The van der Waals surface area contributed by atoms with Crippen LogP contribution in [0.15, 0.2) is 97.6 Å². The number of likely N-dealkylation sites (N-methyl/N-ethyl adjacent to an activating group) is 2. The van der Waals surface area contributed by atoms with Crippen LogP contribution in [-0.2, 0) is 30.2 Å². The van der Waals surface area contributed by atoms with Crippen LogP contribution in [0.1, 0.15) is 97.4 Å². The summed E-state index contributed by atoms with van der Waals surface area (Å²) in [7, 11) is 3.98. The van der Waals surface area contributed by atoms with Crippen molar-refractivity contribution in [3.8, 4) is 0 Å². The smallest absolute Gasteiger partial charge is 0.416 e. The first-order valence-electron chi connectivity index (χ1n) is 26.1. The molecule has 2 aliphatic rings. The van der Waals surface area contributed by atoms with Crippen molar-refractivity contribution in [2.24, 2.45) is 0 Å². The monoisotopic (exact) mass is 1120 g/mol. The highest BCUT2D eigenvalue weighted by atomic mass is 19.4. The van der Waals surface area contributed by atoms with Crippen LogP contribution in [0.2, 0.25) is 0 Å². The predicted molar refractivity (Wildman–Crippen MR) is 303 cm³/mol. The van der Waals surface area contributed by atoms with E-state index in [2.05, 4.69) is 45.7 Å². The Morgan fingerprint density at radius 3 is 1.37 bits per heavy atom. The Bertz CT molecular complexity index is 3220. The van der Waals surface area contributed by atoms with E-state index in [9.17, 15) is 40.7 Å². The van der Waals surface area contributed by atoms with Crippen molar-refractivity contribution in [1.29, 1.82) is 0 Å². The zero-order valence-corrected chi connectivity index (χ0v) is 46.2. The highest BCUT2D eigenvalue weighted by molar-refractivity contribution is 6.05. The minimum atomic E-state index is -4.59. The zero-order chi connectivity index (χ0) is 58.6. The second-order valence-corrected chi connectivity index (χ2v) is 20.9. The molecule has 0 aliphatic carbocycles. The molecule has 2 fully saturated rings. The number of halogens is 6. The van der Waals surface area contributed by atoms with Gasteiger partial charge in [0.25, 0.3) is 11.8 Å². The number of ether oxygens (including phenoxy) is 1. The molecule has 4 aromatic carbocycles. The zero-order valence-electron chi connectivity index (χ0n) is 46.2. The third kappa shape index (κ3) is 18.2. The fraction of sp³-hybridized carbons (Fsp3) is 0.339. The van der Waals surface area contributed by atoms with Crippen LogP contribution in [-0.4, -0.2) is 129 Å². The maximum atomic E-state index is 14.0. The summed E-state index contributed by atoms with van der Waals surface area (Å²) >= 11 is 0. The molecule has 0 atom stereocenters. The Balaban J connectivity index is 0.000000237. The van der Waals surface area contributed by atoms with Crippen LogP contribution < -0.4 is 21.7 Å². The molecular formula is C59H66F6N12O4. The van der Waals surface area contributed by atoms with Crippen molar-refractivity contribution < 1.29 is 45.5 Å². The lowest BCUT2D eigenvalue weighted by atomic mass is 10.0. The van der Waals surface area contributed by atoms with Crippen LogP contribution in [0.5, 0.6) is 0 Å². The topological polar surface area (TPSA) is 187 Å². The second-order valence-electron chi connectivity index (χ2n) is 20.9. The van der Waals surface area contributed by atoms with Crippen molar-refractivity contribution in [2.45, 2.75) is 65.7 Å². The van der Waals surface area contributed by atoms with E-state index in [1.54, 1.807) is 75.5 Å². The Morgan fingerprint density at radius 1 is 0.556 bits per heavy atom. The molecule has 2 saturated heterocycles. The van der Waals surface area contributed by atoms with Crippen molar-refractivity contribution in [1.82, 2.24) is 39.5 Å². The largest absolute Gasteiger partial charge is 0.444 e. The predicted octanol–water partition coefficient (Wildman–Crippen LogP) is 10.9. The maximum absolute atomic E-state index is 14.0. The molecule has 81 heavy (non-hydrogen) atoms. The molecule has 6 aromatic rings. The SMILES string of the molecule is Cc1ccc(NC(=O)c2ccc(CN3CCN(C)CC3)c(C(F)(F)F)c2)cc1/C=C/c1cnc(N)cn1.Cc1ccc(NC(=O)c2ccc(CN3CCN(C)CC3)c(C(F)(F)F)c2)cc1/C=C/c1cnc(NC(=O)OC(C)(C)C)cn1. The number of nitrogen functional groups attached to an aromatic ring is 1. The molecule has 4 heterocycles. The lowest BCUT2D eigenvalue weighted by molar-refractivity contribution is -0.139. The van der Waals surface area contributed by atoms with Gasteiger partial charge in [-0.2, -0.15) is 26.3 Å². The fourth-order valence-corrected chi connectivity index (χ4v) is 8.62. The average molecular weight is 1120 g/mol. The van der Waals surface area contributed by atoms with Crippen LogP contribution in [0.25, 0.3) is 24.3 Å². The maximum Gasteiger partial charge on any atom is 0.416 e. The number of alkyl halides is 6. The summed E-state index contributed by atoms with van der Waals surface area (Å²) in [5, 5.41) is 7.95. The van der Waals surface area contributed by atoms with E-state index < -0.39 is 47.0 Å². The molecule has 22 heteroatoms. The highest BCUT2D eigenvalue weighted by Gasteiger charge is 2.36. The Morgan fingerprint density at radius 2 is 0.988 bits per heavy atom. The van der Waals surface area contributed by atoms with Gasteiger partial charge in [0.05, 0.1) is 47.3 Å². The number of benzene rings is 4.